The second kappa shape index (κ2) is 6.32. The Hall–Kier alpha value is -1.49. The van der Waals surface area contributed by atoms with Crippen LogP contribution in [0.4, 0.5) is 10.6 Å². The molecule has 0 spiro atoms. The van der Waals surface area contributed by atoms with E-state index in [9.17, 15) is 4.79 Å². The summed E-state index contributed by atoms with van der Waals surface area (Å²) in [6.45, 7) is 9.28. The number of hydrogen-bond acceptors (Lipinski definition) is 4. The molecular weight excluding hydrogens is 302 g/mol. The molecule has 1 aliphatic heterocycles. The molecular formula is C16H24ClN3O2. The second-order valence-electron chi connectivity index (χ2n) is 6.99. The van der Waals surface area contributed by atoms with Gasteiger partial charge in [0.1, 0.15) is 16.6 Å². The van der Waals surface area contributed by atoms with Crippen molar-refractivity contribution in [3.8, 4) is 0 Å². The average Bonchev–Trinajstić information content (AvgIpc) is 2.36. The Morgan fingerprint density at radius 2 is 2.00 bits per heavy atom. The Labute approximate surface area is 137 Å². The topological polar surface area (TPSA) is 54.5 Å². The Bertz CT molecular complexity index is 534. The molecule has 1 aromatic rings. The predicted molar refractivity (Wildman–Crippen MR) is 88.5 cm³/mol. The number of aromatic nitrogens is 1. The van der Waals surface area contributed by atoms with Crippen molar-refractivity contribution < 1.29 is 9.53 Å². The zero-order valence-corrected chi connectivity index (χ0v) is 14.4. The van der Waals surface area contributed by atoms with Crippen LogP contribution >= 0.6 is 11.6 Å². The number of carbonyl (C=O) groups is 1. The molecule has 5 nitrogen and oxygen atoms in total. The van der Waals surface area contributed by atoms with E-state index in [1.165, 1.54) is 0 Å². The number of alkyl carbamates (subject to hydrolysis) is 1. The predicted octanol–water partition coefficient (Wildman–Crippen LogP) is 3.62. The Morgan fingerprint density at radius 3 is 2.55 bits per heavy atom. The van der Waals surface area contributed by atoms with E-state index in [4.69, 9.17) is 16.3 Å². The largest absolute Gasteiger partial charge is 0.444 e. The smallest absolute Gasteiger partial charge is 0.408 e. The highest BCUT2D eigenvalue weighted by Crippen LogP contribution is 2.26. The molecule has 22 heavy (non-hydrogen) atoms. The molecule has 1 fully saturated rings. The average molecular weight is 326 g/mol. The van der Waals surface area contributed by atoms with Crippen molar-refractivity contribution in [2.24, 2.45) is 0 Å². The van der Waals surface area contributed by atoms with Gasteiger partial charge in [0.2, 0.25) is 0 Å². The van der Waals surface area contributed by atoms with Crippen LogP contribution in [0.1, 0.15) is 40.5 Å². The van der Waals surface area contributed by atoms with Crippen LogP contribution in [0, 0.1) is 0 Å². The van der Waals surface area contributed by atoms with Gasteiger partial charge in [-0.15, -0.1) is 0 Å². The Balaban J connectivity index is 1.91. The molecule has 122 valence electrons. The lowest BCUT2D eigenvalue weighted by molar-refractivity contribution is 0.0448. The third-order valence-electron chi connectivity index (χ3n) is 3.69. The van der Waals surface area contributed by atoms with Crippen molar-refractivity contribution >= 4 is 23.5 Å². The molecule has 0 aliphatic carbocycles. The van der Waals surface area contributed by atoms with E-state index < -0.39 is 5.60 Å². The van der Waals surface area contributed by atoms with Crippen molar-refractivity contribution in [3.05, 3.63) is 23.4 Å². The van der Waals surface area contributed by atoms with E-state index in [0.29, 0.717) is 5.15 Å². The fraction of sp³-hybridized carbons (Fsp3) is 0.625. The zero-order chi connectivity index (χ0) is 16.4. The maximum Gasteiger partial charge on any atom is 0.408 e. The quantitative estimate of drug-likeness (QED) is 0.844. The van der Waals surface area contributed by atoms with E-state index in [1.54, 1.807) is 6.07 Å². The lowest BCUT2D eigenvalue weighted by Crippen LogP contribution is -2.54. The molecule has 1 saturated heterocycles. The molecule has 0 unspecified atom stereocenters. The zero-order valence-electron chi connectivity index (χ0n) is 13.6. The second-order valence-corrected chi connectivity index (χ2v) is 7.38. The third-order valence-corrected chi connectivity index (χ3v) is 3.90. The van der Waals surface area contributed by atoms with Crippen molar-refractivity contribution in [1.29, 1.82) is 0 Å². The third kappa shape index (κ3) is 4.77. The van der Waals surface area contributed by atoms with E-state index in [2.05, 4.69) is 22.1 Å². The summed E-state index contributed by atoms with van der Waals surface area (Å²) in [5, 5.41) is 3.50. The number of rotatable bonds is 2. The van der Waals surface area contributed by atoms with Gasteiger partial charge < -0.3 is 15.0 Å². The number of piperidine rings is 1. The lowest BCUT2D eigenvalue weighted by Gasteiger charge is -2.40. The number of amides is 1. The highest BCUT2D eigenvalue weighted by molar-refractivity contribution is 6.29. The first kappa shape index (κ1) is 16.9. The molecule has 2 heterocycles. The van der Waals surface area contributed by atoms with Gasteiger partial charge >= 0.3 is 6.09 Å². The van der Waals surface area contributed by atoms with E-state index in [0.717, 1.165) is 31.7 Å². The maximum atomic E-state index is 12.0. The first-order valence-corrected chi connectivity index (χ1v) is 7.93. The van der Waals surface area contributed by atoms with Crippen LogP contribution in [0.3, 0.4) is 0 Å². The highest BCUT2D eigenvalue weighted by atomic mass is 35.5. The summed E-state index contributed by atoms with van der Waals surface area (Å²) < 4.78 is 5.34. The molecule has 6 heteroatoms. The first-order valence-electron chi connectivity index (χ1n) is 7.56. The highest BCUT2D eigenvalue weighted by Gasteiger charge is 2.33. The molecule has 0 radical (unpaired) electrons. The molecule has 0 atom stereocenters. The van der Waals surface area contributed by atoms with Gasteiger partial charge in [-0.25, -0.2) is 9.78 Å². The van der Waals surface area contributed by atoms with Gasteiger partial charge in [0.25, 0.3) is 0 Å². The monoisotopic (exact) mass is 325 g/mol. The number of pyridine rings is 1. The number of anilines is 1. The maximum absolute atomic E-state index is 12.0. The van der Waals surface area contributed by atoms with Crippen LogP contribution < -0.4 is 10.2 Å². The molecule has 1 aliphatic rings. The van der Waals surface area contributed by atoms with Gasteiger partial charge in [0, 0.05) is 18.6 Å². The summed E-state index contributed by atoms with van der Waals surface area (Å²) >= 11 is 5.94. The van der Waals surface area contributed by atoms with Gasteiger partial charge in [-0.05, 0) is 52.7 Å². The van der Waals surface area contributed by atoms with Crippen LogP contribution in [0.15, 0.2) is 18.2 Å². The molecule has 1 N–H and O–H groups in total. The normalized spacial score (nSPS) is 18.0. The first-order chi connectivity index (χ1) is 10.2. The van der Waals surface area contributed by atoms with E-state index in [1.807, 2.05) is 32.9 Å². The van der Waals surface area contributed by atoms with Gasteiger partial charge in [-0.2, -0.15) is 0 Å². The van der Waals surface area contributed by atoms with E-state index in [-0.39, 0.29) is 11.6 Å². The summed E-state index contributed by atoms with van der Waals surface area (Å²) in [5.74, 6) is 0.881. The van der Waals surface area contributed by atoms with Crippen LogP contribution in [-0.4, -0.2) is 35.3 Å². The number of carbonyl (C=O) groups excluding carboxylic acids is 1. The van der Waals surface area contributed by atoms with Gasteiger partial charge in [-0.1, -0.05) is 17.7 Å². The van der Waals surface area contributed by atoms with Crippen LogP contribution in [0.5, 0.6) is 0 Å². The number of nitrogens with zero attached hydrogens (tertiary/aromatic N) is 2. The van der Waals surface area contributed by atoms with Crippen molar-refractivity contribution in [2.45, 2.75) is 51.7 Å². The molecule has 0 bridgehead atoms. The molecule has 1 amide bonds. The Kier molecular flexibility index (Phi) is 4.85. The molecule has 2 rings (SSSR count). The summed E-state index contributed by atoms with van der Waals surface area (Å²) in [6, 6.07) is 5.62. The number of hydrogen-bond donors (Lipinski definition) is 1. The minimum absolute atomic E-state index is 0.253. The van der Waals surface area contributed by atoms with Gasteiger partial charge in [0.15, 0.2) is 0 Å². The minimum Gasteiger partial charge on any atom is -0.444 e. The summed E-state index contributed by atoms with van der Waals surface area (Å²) in [6.07, 6.45) is 1.31. The summed E-state index contributed by atoms with van der Waals surface area (Å²) in [7, 11) is 0. The summed E-state index contributed by atoms with van der Waals surface area (Å²) in [5.41, 5.74) is -0.733. The molecule has 1 aromatic heterocycles. The van der Waals surface area contributed by atoms with Crippen molar-refractivity contribution in [3.63, 3.8) is 0 Å². The van der Waals surface area contributed by atoms with Crippen LogP contribution in [0.25, 0.3) is 0 Å². The van der Waals surface area contributed by atoms with Crippen molar-refractivity contribution in [1.82, 2.24) is 10.3 Å². The van der Waals surface area contributed by atoms with Crippen LogP contribution in [0.2, 0.25) is 5.15 Å². The van der Waals surface area contributed by atoms with Gasteiger partial charge in [-0.3, -0.25) is 0 Å². The van der Waals surface area contributed by atoms with Gasteiger partial charge in [0.05, 0.1) is 0 Å². The van der Waals surface area contributed by atoms with E-state index >= 15 is 0 Å². The standard InChI is InChI=1S/C16H24ClN3O2/c1-15(2,3)22-14(21)19-16(4)8-10-20(11-9-16)13-7-5-6-12(17)18-13/h5-7H,8-11H2,1-4H3,(H,19,21). The number of halogens is 1. The van der Waals surface area contributed by atoms with Crippen LogP contribution in [-0.2, 0) is 4.74 Å². The lowest BCUT2D eigenvalue weighted by atomic mass is 9.90. The SMILES string of the molecule is CC1(NC(=O)OC(C)(C)C)CCN(c2cccc(Cl)n2)CC1. The molecule has 0 saturated carbocycles. The fourth-order valence-electron chi connectivity index (χ4n) is 2.48. The number of ether oxygens (including phenoxy) is 1. The fourth-order valence-corrected chi connectivity index (χ4v) is 2.64. The summed E-state index contributed by atoms with van der Waals surface area (Å²) in [4.78, 5) is 18.5. The number of nitrogens with one attached hydrogen (secondary N) is 1. The Morgan fingerprint density at radius 1 is 1.36 bits per heavy atom. The molecule has 0 aromatic carbocycles. The minimum atomic E-state index is -0.480. The van der Waals surface area contributed by atoms with Crippen molar-refractivity contribution in [2.75, 3.05) is 18.0 Å².